The van der Waals surface area contributed by atoms with Crippen molar-refractivity contribution < 1.29 is 19.0 Å². The molecule has 1 aliphatic carbocycles. The van der Waals surface area contributed by atoms with Gasteiger partial charge in [0.25, 0.3) is 0 Å². The summed E-state index contributed by atoms with van der Waals surface area (Å²) in [6.07, 6.45) is 8.71. The molecule has 3 aromatic rings. The molecule has 0 atom stereocenters. The number of ether oxygens (including phenoxy) is 3. The van der Waals surface area contributed by atoms with Crippen LogP contribution >= 0.6 is 0 Å². The first-order valence-electron chi connectivity index (χ1n) is 13.2. The van der Waals surface area contributed by atoms with E-state index in [1.165, 1.54) is 0 Å². The van der Waals surface area contributed by atoms with Gasteiger partial charge in [0.05, 0.1) is 26.4 Å². The van der Waals surface area contributed by atoms with Crippen LogP contribution in [0.4, 0.5) is 5.69 Å². The predicted octanol–water partition coefficient (Wildman–Crippen LogP) is 5.41. The number of hydrogen-bond acceptors (Lipinski definition) is 7. The average Bonchev–Trinajstić information content (AvgIpc) is 3.43. The Bertz CT molecular complexity index is 1320. The van der Waals surface area contributed by atoms with Gasteiger partial charge >= 0.3 is 0 Å². The average molecular weight is 514 g/mol. The van der Waals surface area contributed by atoms with E-state index in [0.717, 1.165) is 70.9 Å². The molecule has 0 unspecified atom stereocenters. The summed E-state index contributed by atoms with van der Waals surface area (Å²) in [4.78, 5) is 16.8. The molecular weight excluding hydrogens is 478 g/mol. The predicted molar refractivity (Wildman–Crippen MR) is 151 cm³/mol. The first-order chi connectivity index (χ1) is 18.6. The summed E-state index contributed by atoms with van der Waals surface area (Å²) in [7, 11) is 1.66. The minimum absolute atomic E-state index is 0.242. The van der Waals surface area contributed by atoms with Crippen LogP contribution in [0.3, 0.4) is 0 Å². The van der Waals surface area contributed by atoms with E-state index < -0.39 is 0 Å². The van der Waals surface area contributed by atoms with E-state index in [-0.39, 0.29) is 11.8 Å². The van der Waals surface area contributed by atoms with Crippen molar-refractivity contribution >= 4 is 29.0 Å². The third-order valence-corrected chi connectivity index (χ3v) is 7.52. The molecule has 1 saturated carbocycles. The molecule has 0 aromatic heterocycles. The number of methoxy groups -OCH3 is 1. The molecule has 1 aliphatic heterocycles. The summed E-state index contributed by atoms with van der Waals surface area (Å²) in [5, 5.41) is 5.45. The lowest BCUT2D eigenvalue weighted by atomic mass is 9.90. The molecule has 2 aliphatic rings. The third-order valence-electron chi connectivity index (χ3n) is 7.52. The van der Waals surface area contributed by atoms with E-state index in [4.69, 9.17) is 24.9 Å². The fraction of sp³-hybridized carbons (Fsp3) is 0.355. The van der Waals surface area contributed by atoms with Crippen molar-refractivity contribution in [1.29, 1.82) is 0 Å². The maximum absolute atomic E-state index is 12.0. The van der Waals surface area contributed by atoms with E-state index in [0.29, 0.717) is 31.7 Å². The lowest BCUT2D eigenvalue weighted by Gasteiger charge is -2.33. The number of hydrogen-bond donors (Lipinski definition) is 2. The van der Waals surface area contributed by atoms with Crippen molar-refractivity contribution in [2.75, 3.05) is 25.6 Å². The highest BCUT2D eigenvalue weighted by molar-refractivity contribution is 6.06. The number of benzene rings is 3. The monoisotopic (exact) mass is 513 g/mol. The minimum atomic E-state index is -0.378. The smallest absolute Gasteiger partial charge is 0.168 e. The van der Waals surface area contributed by atoms with Crippen LogP contribution in [0.15, 0.2) is 71.4 Å². The number of fused-ring (bicyclic) bond motifs is 1. The summed E-state index contributed by atoms with van der Waals surface area (Å²) < 4.78 is 16.9. The number of aliphatic imine (C=N–C) groups is 1. The SMILES string of the molecule is COc1ccc(CNc2ccc(C/C(C=NC3CCC4(CC3)OCCO4)=C/N)c3cccc(C=O)c23)cc1. The summed E-state index contributed by atoms with van der Waals surface area (Å²) in [5.74, 6) is 0.444. The van der Waals surface area contributed by atoms with Gasteiger partial charge in [0.15, 0.2) is 12.1 Å². The Morgan fingerprint density at radius 1 is 1.11 bits per heavy atom. The number of allylic oxidation sites excluding steroid dienone is 1. The normalized spacial score (nSPS) is 17.9. The highest BCUT2D eigenvalue weighted by atomic mass is 16.7. The van der Waals surface area contributed by atoms with Gasteiger partial charge in [0.2, 0.25) is 0 Å². The van der Waals surface area contributed by atoms with Gasteiger partial charge in [-0.3, -0.25) is 9.79 Å². The first-order valence-corrected chi connectivity index (χ1v) is 13.2. The number of nitrogens with one attached hydrogen (secondary N) is 1. The Labute approximate surface area is 223 Å². The number of nitrogens with two attached hydrogens (primary N) is 1. The van der Waals surface area contributed by atoms with Crippen LogP contribution in [0, 0.1) is 0 Å². The van der Waals surface area contributed by atoms with Gasteiger partial charge in [-0.1, -0.05) is 36.4 Å². The molecule has 38 heavy (non-hydrogen) atoms. The third kappa shape index (κ3) is 5.74. The molecule has 1 saturated heterocycles. The highest BCUT2D eigenvalue weighted by Crippen LogP contribution is 2.37. The molecule has 1 spiro atoms. The number of aldehydes is 1. The van der Waals surface area contributed by atoms with Crippen molar-refractivity contribution in [3.8, 4) is 5.75 Å². The van der Waals surface area contributed by atoms with E-state index in [1.807, 2.05) is 48.7 Å². The maximum Gasteiger partial charge on any atom is 0.168 e. The Kier molecular flexibility index (Phi) is 8.05. The summed E-state index contributed by atoms with van der Waals surface area (Å²) >= 11 is 0. The van der Waals surface area contributed by atoms with Crippen LogP contribution < -0.4 is 15.8 Å². The minimum Gasteiger partial charge on any atom is -0.497 e. The molecule has 198 valence electrons. The fourth-order valence-corrected chi connectivity index (χ4v) is 5.38. The Hall–Kier alpha value is -3.68. The standard InChI is InChI=1S/C31H35N3O4/c1-36-27-8-5-22(6-9-27)19-34-29-10-7-24(28-4-2-3-25(21-35)30(28)29)17-23(18-32)20-33-26-11-13-31(14-12-26)37-15-16-38-31/h2-10,18,20-21,26,34H,11-17,19,32H2,1H3/b23-18-,33-20?. The summed E-state index contributed by atoms with van der Waals surface area (Å²) in [6, 6.07) is 18.2. The number of nitrogens with zero attached hydrogens (tertiary/aromatic N) is 1. The Balaban J connectivity index is 1.32. The van der Waals surface area contributed by atoms with Crippen LogP contribution in [0.1, 0.15) is 47.2 Å². The van der Waals surface area contributed by atoms with Gasteiger partial charge in [0, 0.05) is 48.7 Å². The molecule has 0 bridgehead atoms. The van der Waals surface area contributed by atoms with Gasteiger partial charge in [-0.15, -0.1) is 0 Å². The van der Waals surface area contributed by atoms with Gasteiger partial charge in [-0.2, -0.15) is 0 Å². The van der Waals surface area contributed by atoms with Crippen molar-refractivity contribution in [1.82, 2.24) is 0 Å². The van der Waals surface area contributed by atoms with Gasteiger partial charge in [-0.05, 0) is 59.3 Å². The maximum atomic E-state index is 12.0. The quantitative estimate of drug-likeness (QED) is 0.293. The van der Waals surface area contributed by atoms with E-state index in [2.05, 4.69) is 17.4 Å². The highest BCUT2D eigenvalue weighted by Gasteiger charge is 2.40. The Morgan fingerprint density at radius 3 is 2.55 bits per heavy atom. The zero-order chi connectivity index (χ0) is 26.4. The largest absolute Gasteiger partial charge is 0.497 e. The van der Waals surface area contributed by atoms with Crippen LogP contribution in [0.2, 0.25) is 0 Å². The topological polar surface area (TPSA) is 95.2 Å². The molecule has 5 rings (SSSR count). The zero-order valence-electron chi connectivity index (χ0n) is 21.8. The van der Waals surface area contributed by atoms with Gasteiger partial charge in [-0.25, -0.2) is 0 Å². The second-order valence-electron chi connectivity index (χ2n) is 9.90. The van der Waals surface area contributed by atoms with Crippen molar-refractivity contribution in [2.24, 2.45) is 10.7 Å². The van der Waals surface area contributed by atoms with E-state index in [1.54, 1.807) is 13.3 Å². The van der Waals surface area contributed by atoms with Crippen LogP contribution in [0.25, 0.3) is 10.8 Å². The first kappa shape index (κ1) is 25.9. The summed E-state index contributed by atoms with van der Waals surface area (Å²) in [6.45, 7) is 2.00. The van der Waals surface area contributed by atoms with Crippen molar-refractivity contribution in [3.05, 3.63) is 83.1 Å². The lowest BCUT2D eigenvalue weighted by Crippen LogP contribution is -2.36. The van der Waals surface area contributed by atoms with E-state index in [9.17, 15) is 4.79 Å². The van der Waals surface area contributed by atoms with E-state index >= 15 is 0 Å². The van der Waals surface area contributed by atoms with Crippen molar-refractivity contribution in [2.45, 2.75) is 50.5 Å². The molecule has 0 amide bonds. The second kappa shape index (κ2) is 11.8. The molecule has 7 nitrogen and oxygen atoms in total. The molecule has 3 N–H and O–H groups in total. The molecule has 3 aromatic carbocycles. The summed E-state index contributed by atoms with van der Waals surface area (Å²) in [5.41, 5.74) is 10.8. The Morgan fingerprint density at radius 2 is 1.87 bits per heavy atom. The van der Waals surface area contributed by atoms with Crippen LogP contribution in [-0.4, -0.2) is 44.7 Å². The fourth-order valence-electron chi connectivity index (χ4n) is 5.38. The van der Waals surface area contributed by atoms with Gasteiger partial charge in [0.1, 0.15) is 5.75 Å². The lowest BCUT2D eigenvalue weighted by molar-refractivity contribution is -0.178. The van der Waals surface area contributed by atoms with Crippen LogP contribution in [0.5, 0.6) is 5.75 Å². The second-order valence-corrected chi connectivity index (χ2v) is 9.90. The number of anilines is 1. The molecule has 7 heteroatoms. The number of carbonyl (C=O) groups is 1. The molecule has 1 heterocycles. The van der Waals surface area contributed by atoms with Crippen LogP contribution in [-0.2, 0) is 22.4 Å². The molecular formula is C31H35N3O4. The molecule has 0 radical (unpaired) electrons. The zero-order valence-corrected chi connectivity index (χ0v) is 21.8. The van der Waals surface area contributed by atoms with Gasteiger partial charge < -0.3 is 25.3 Å². The molecule has 2 fully saturated rings. The number of rotatable bonds is 9. The van der Waals surface area contributed by atoms with Crippen molar-refractivity contribution in [3.63, 3.8) is 0 Å². The number of carbonyl (C=O) groups excluding carboxylic acids is 1.